The van der Waals surface area contributed by atoms with Crippen LogP contribution in [-0.4, -0.2) is 24.7 Å². The number of alkyl halides is 1. The van der Waals surface area contributed by atoms with Crippen molar-refractivity contribution >= 4 is 30.4 Å². The van der Waals surface area contributed by atoms with E-state index >= 15 is 0 Å². The quantitative estimate of drug-likeness (QED) is 0.299. The van der Waals surface area contributed by atoms with Gasteiger partial charge in [0.25, 0.3) is 0 Å². The van der Waals surface area contributed by atoms with Gasteiger partial charge in [0.05, 0.1) is 0 Å². The number of hydrogen-bond donors (Lipinski definition) is 0. The first-order valence-electron chi connectivity index (χ1n) is 2.97. The Morgan fingerprint density at radius 3 is 2.57 bits per heavy atom. The van der Waals surface area contributed by atoms with E-state index in [0.717, 1.165) is 5.88 Å². The van der Waals surface area contributed by atoms with E-state index < -0.39 is 0 Å². The molecule has 0 N–H and O–H groups in total. The van der Waals surface area contributed by atoms with Crippen LogP contribution in [0.4, 0.5) is 0 Å². The average molecular weight is 153 g/mol. The first-order chi connectivity index (χ1) is 3.41. The summed E-state index contributed by atoms with van der Waals surface area (Å²) in [4.78, 5) is 0. The second-order valence-corrected chi connectivity index (χ2v) is 6.83. The molecule has 0 nitrogen and oxygen atoms in total. The van der Waals surface area contributed by atoms with Crippen molar-refractivity contribution in [2.24, 2.45) is 0 Å². The largest absolute Gasteiger partial charge is 0.127 e. The third-order valence-corrected chi connectivity index (χ3v) is 4.58. The summed E-state index contributed by atoms with van der Waals surface area (Å²) in [5.74, 6) is 0.871. The fourth-order valence-electron chi connectivity index (χ4n) is 0.521. The first kappa shape index (κ1) is 7.72. The second-order valence-electron chi connectivity index (χ2n) is 1.75. The Balaban J connectivity index is 2.45. The Kier molecular flexibility index (Phi) is 7.42. The predicted octanol–water partition coefficient (Wildman–Crippen LogP) is -0.127. The minimum Gasteiger partial charge on any atom is -0.127 e. The van der Waals surface area contributed by atoms with E-state index in [1.165, 1.54) is 22.6 Å². The van der Waals surface area contributed by atoms with Gasteiger partial charge in [0.1, 0.15) is 0 Å². The normalized spacial score (nSPS) is 11.6. The maximum absolute atomic E-state index is 5.46. The van der Waals surface area contributed by atoms with E-state index in [1.54, 1.807) is 6.04 Å². The standard InChI is InChI=1S/C4H13ClSi2/c5-3-1-2-4-7-6/h1-4,7H2,6H3. The lowest BCUT2D eigenvalue weighted by atomic mass is 10.4. The lowest BCUT2D eigenvalue weighted by Gasteiger charge is -1.89. The Morgan fingerprint density at radius 1 is 1.43 bits per heavy atom. The van der Waals surface area contributed by atoms with Crippen LogP contribution >= 0.6 is 11.6 Å². The molecule has 0 aliphatic heterocycles. The Hall–Kier alpha value is 0.724. The van der Waals surface area contributed by atoms with Gasteiger partial charge in [-0.2, -0.15) is 0 Å². The number of halogens is 1. The molecule has 0 aliphatic carbocycles. The molecule has 0 saturated heterocycles. The van der Waals surface area contributed by atoms with E-state index in [0.29, 0.717) is 9.04 Å². The highest BCUT2D eigenvalue weighted by atomic mass is 35.5. The molecule has 0 fully saturated rings. The zero-order chi connectivity index (χ0) is 5.54. The molecule has 0 spiro atoms. The summed E-state index contributed by atoms with van der Waals surface area (Å²) in [6, 6.07) is 1.54. The van der Waals surface area contributed by atoms with Gasteiger partial charge in [-0.25, -0.2) is 0 Å². The highest BCUT2D eigenvalue weighted by Gasteiger charge is 1.81. The van der Waals surface area contributed by atoms with Gasteiger partial charge in [0.2, 0.25) is 0 Å². The maximum Gasteiger partial charge on any atom is 0.0223 e. The number of hydrogen-bond acceptors (Lipinski definition) is 0. The van der Waals surface area contributed by atoms with Gasteiger partial charge in [-0.15, -0.1) is 11.6 Å². The Morgan fingerprint density at radius 2 is 2.14 bits per heavy atom. The molecule has 0 amide bonds. The minimum atomic E-state index is 0.474. The summed E-state index contributed by atoms with van der Waals surface area (Å²) in [5.41, 5.74) is 0. The first-order valence-corrected chi connectivity index (χ1v) is 10.2. The van der Waals surface area contributed by atoms with Crippen LogP contribution in [0.5, 0.6) is 0 Å². The fourth-order valence-corrected chi connectivity index (χ4v) is 3.06. The molecule has 0 aromatic heterocycles. The summed E-state index contributed by atoms with van der Waals surface area (Å²) < 4.78 is 0. The molecule has 0 atom stereocenters. The molecule has 0 rings (SSSR count). The highest BCUT2D eigenvalue weighted by Crippen LogP contribution is 1.94. The lowest BCUT2D eigenvalue weighted by Crippen LogP contribution is -1.86. The maximum atomic E-state index is 5.46. The molecule has 0 radical (unpaired) electrons. The molecule has 7 heavy (non-hydrogen) atoms. The number of unbranched alkanes of at least 4 members (excludes halogenated alkanes) is 1. The van der Waals surface area contributed by atoms with Crippen LogP contribution in [0.2, 0.25) is 6.04 Å². The summed E-state index contributed by atoms with van der Waals surface area (Å²) in [6.07, 6.45) is 2.65. The van der Waals surface area contributed by atoms with Crippen LogP contribution < -0.4 is 0 Å². The van der Waals surface area contributed by atoms with Crippen molar-refractivity contribution in [3.63, 3.8) is 0 Å². The van der Waals surface area contributed by atoms with Crippen molar-refractivity contribution in [3.05, 3.63) is 0 Å². The van der Waals surface area contributed by atoms with Crippen molar-refractivity contribution in [1.29, 1.82) is 0 Å². The molecule has 0 bridgehead atoms. The molecule has 3 heteroatoms. The van der Waals surface area contributed by atoms with Crippen molar-refractivity contribution in [2.75, 3.05) is 5.88 Å². The summed E-state index contributed by atoms with van der Waals surface area (Å²) >= 11 is 5.46. The number of rotatable bonds is 4. The molecule has 44 valence electrons. The van der Waals surface area contributed by atoms with Gasteiger partial charge >= 0.3 is 0 Å². The molecule has 0 heterocycles. The predicted molar refractivity (Wildman–Crippen MR) is 43.2 cm³/mol. The van der Waals surface area contributed by atoms with E-state index in [9.17, 15) is 0 Å². The Bertz CT molecular complexity index is 28.9. The smallest absolute Gasteiger partial charge is 0.0223 e. The van der Waals surface area contributed by atoms with Crippen LogP contribution in [0.25, 0.3) is 0 Å². The second kappa shape index (κ2) is 6.72. The third-order valence-electron chi connectivity index (χ3n) is 0.987. The van der Waals surface area contributed by atoms with Crippen molar-refractivity contribution < 1.29 is 0 Å². The monoisotopic (exact) mass is 152 g/mol. The van der Waals surface area contributed by atoms with Crippen molar-refractivity contribution in [1.82, 2.24) is 0 Å². The van der Waals surface area contributed by atoms with Crippen LogP contribution in [0.15, 0.2) is 0 Å². The van der Waals surface area contributed by atoms with E-state index in [4.69, 9.17) is 11.6 Å². The molecule has 0 aromatic rings. The molecule has 0 aromatic carbocycles. The van der Waals surface area contributed by atoms with Crippen LogP contribution in [-0.2, 0) is 0 Å². The third kappa shape index (κ3) is 6.72. The highest BCUT2D eigenvalue weighted by molar-refractivity contribution is 6.89. The topological polar surface area (TPSA) is 0 Å². The Labute approximate surface area is 55.7 Å². The summed E-state index contributed by atoms with van der Waals surface area (Å²) in [5, 5.41) is 0. The zero-order valence-electron chi connectivity index (χ0n) is 4.91. The van der Waals surface area contributed by atoms with Gasteiger partial charge in [0, 0.05) is 14.9 Å². The van der Waals surface area contributed by atoms with Gasteiger partial charge in [-0.1, -0.05) is 12.5 Å². The van der Waals surface area contributed by atoms with Crippen molar-refractivity contribution in [2.45, 2.75) is 18.9 Å². The minimum absolute atomic E-state index is 0.474. The molecular weight excluding hydrogens is 140 g/mol. The molecule has 0 aliphatic rings. The molecule has 0 unspecified atom stereocenters. The van der Waals surface area contributed by atoms with Crippen LogP contribution in [0.1, 0.15) is 12.8 Å². The summed E-state index contributed by atoms with van der Waals surface area (Å²) in [7, 11) is 1.98. The van der Waals surface area contributed by atoms with Gasteiger partial charge in [-0.3, -0.25) is 0 Å². The van der Waals surface area contributed by atoms with Crippen LogP contribution in [0.3, 0.4) is 0 Å². The molecular formula is C4H13ClSi2. The zero-order valence-corrected chi connectivity index (χ0v) is 9.08. The fraction of sp³-hybridized carbons (Fsp3) is 1.00. The van der Waals surface area contributed by atoms with Crippen molar-refractivity contribution in [3.8, 4) is 0 Å². The molecule has 0 saturated carbocycles. The van der Waals surface area contributed by atoms with Gasteiger partial charge in [0.15, 0.2) is 0 Å². The van der Waals surface area contributed by atoms with E-state index in [2.05, 4.69) is 0 Å². The van der Waals surface area contributed by atoms with Gasteiger partial charge < -0.3 is 0 Å². The SMILES string of the molecule is [SiH3][SiH2]CCCCCl. The average Bonchev–Trinajstić information content (AvgIpc) is 1.69. The van der Waals surface area contributed by atoms with E-state index in [1.807, 2.05) is 0 Å². The van der Waals surface area contributed by atoms with Crippen LogP contribution in [0, 0.1) is 0 Å². The summed E-state index contributed by atoms with van der Waals surface area (Å²) in [6.45, 7) is 0. The van der Waals surface area contributed by atoms with Gasteiger partial charge in [-0.05, 0) is 16.2 Å². The lowest BCUT2D eigenvalue weighted by molar-refractivity contribution is 0.889. The van der Waals surface area contributed by atoms with E-state index in [-0.39, 0.29) is 0 Å².